The van der Waals surface area contributed by atoms with Crippen molar-refractivity contribution in [1.29, 1.82) is 0 Å². The highest BCUT2D eigenvalue weighted by molar-refractivity contribution is 8.39. The van der Waals surface area contributed by atoms with Crippen LogP contribution in [0, 0.1) is 0 Å². The molecule has 16 heavy (non-hydrogen) atoms. The topological polar surface area (TPSA) is 41.5 Å². The number of carbonyl (C=O) groups is 1. The van der Waals surface area contributed by atoms with E-state index in [1.54, 1.807) is 23.5 Å². The van der Waals surface area contributed by atoms with E-state index in [4.69, 9.17) is 0 Å². The molecule has 2 aliphatic heterocycles. The van der Waals surface area contributed by atoms with Crippen molar-refractivity contribution in [2.75, 3.05) is 18.1 Å². The number of fused-ring (bicyclic) bond motifs is 2. The average molecular weight is 250 g/mol. The lowest BCUT2D eigenvalue weighted by atomic mass is 10.00. The van der Waals surface area contributed by atoms with Gasteiger partial charge in [-0.2, -0.15) is 0 Å². The van der Waals surface area contributed by atoms with Crippen molar-refractivity contribution >= 4 is 39.5 Å². The Bertz CT molecular complexity index is 501. The van der Waals surface area contributed by atoms with Crippen molar-refractivity contribution in [3.8, 4) is 0 Å². The van der Waals surface area contributed by atoms with E-state index >= 15 is 0 Å². The predicted octanol–water partition coefficient (Wildman–Crippen LogP) is 2.30. The third-order valence-corrected chi connectivity index (χ3v) is 5.26. The van der Waals surface area contributed by atoms with Crippen LogP contribution in [0.25, 0.3) is 0 Å². The first-order valence-electron chi connectivity index (χ1n) is 4.95. The molecule has 3 rings (SSSR count). The highest BCUT2D eigenvalue weighted by atomic mass is 32.2. The lowest BCUT2D eigenvalue weighted by Gasteiger charge is -2.18. The minimum absolute atomic E-state index is 0.0616. The second-order valence-electron chi connectivity index (χ2n) is 3.72. The summed E-state index contributed by atoms with van der Waals surface area (Å²) in [6.07, 6.45) is 1.99. The van der Waals surface area contributed by atoms with E-state index < -0.39 is 4.75 Å². The molecule has 0 bridgehead atoms. The first kappa shape index (κ1) is 10.2. The molecule has 2 heterocycles. The molecule has 1 amide bonds. The number of hydrogen-bond acceptors (Lipinski definition) is 4. The van der Waals surface area contributed by atoms with Crippen LogP contribution in [0.2, 0.25) is 0 Å². The standard InChI is InChI=1S/C11H10N2OS2/c1-15-10-12-6-11(16-10)7-4-2-3-5-8(7)13-9(11)14/h2-5H,6H2,1H3,(H,13,14)/t11-/m1/s1. The molecule has 1 spiro atoms. The zero-order valence-corrected chi connectivity index (χ0v) is 10.3. The summed E-state index contributed by atoms with van der Waals surface area (Å²) in [4.78, 5) is 16.5. The number of nitrogens with one attached hydrogen (secondary N) is 1. The Labute approximate surface area is 102 Å². The molecule has 1 aromatic rings. The summed E-state index contributed by atoms with van der Waals surface area (Å²) in [5.41, 5.74) is 2.00. The molecule has 1 aromatic carbocycles. The molecule has 3 nitrogen and oxygen atoms in total. The molecule has 0 radical (unpaired) electrons. The Kier molecular flexibility index (Phi) is 2.26. The van der Waals surface area contributed by atoms with Crippen molar-refractivity contribution in [1.82, 2.24) is 0 Å². The number of nitrogens with zero attached hydrogens (tertiary/aromatic N) is 1. The fraction of sp³-hybridized carbons (Fsp3) is 0.273. The quantitative estimate of drug-likeness (QED) is 0.768. The van der Waals surface area contributed by atoms with Crippen LogP contribution in [-0.4, -0.2) is 23.1 Å². The molecule has 2 aliphatic rings. The van der Waals surface area contributed by atoms with Crippen LogP contribution in [0.5, 0.6) is 0 Å². The number of hydrogen-bond donors (Lipinski definition) is 1. The first-order valence-corrected chi connectivity index (χ1v) is 6.99. The van der Waals surface area contributed by atoms with Gasteiger partial charge in [0, 0.05) is 11.3 Å². The maximum Gasteiger partial charge on any atom is 0.247 e. The van der Waals surface area contributed by atoms with Crippen molar-refractivity contribution in [2.45, 2.75) is 4.75 Å². The fourth-order valence-corrected chi connectivity index (χ4v) is 3.99. The summed E-state index contributed by atoms with van der Waals surface area (Å²) in [5.74, 6) is 0.0616. The lowest BCUT2D eigenvalue weighted by Crippen LogP contribution is -2.31. The van der Waals surface area contributed by atoms with E-state index in [0.717, 1.165) is 15.6 Å². The van der Waals surface area contributed by atoms with Crippen LogP contribution in [0.1, 0.15) is 5.56 Å². The van der Waals surface area contributed by atoms with Crippen molar-refractivity contribution in [3.05, 3.63) is 29.8 Å². The number of rotatable bonds is 0. The maximum atomic E-state index is 12.1. The smallest absolute Gasteiger partial charge is 0.247 e. The normalized spacial score (nSPS) is 26.8. The summed E-state index contributed by atoms with van der Waals surface area (Å²) in [7, 11) is 0. The molecule has 1 atom stereocenters. The largest absolute Gasteiger partial charge is 0.324 e. The van der Waals surface area contributed by atoms with Crippen molar-refractivity contribution in [2.24, 2.45) is 4.99 Å². The zero-order valence-electron chi connectivity index (χ0n) is 8.69. The monoisotopic (exact) mass is 250 g/mol. The summed E-state index contributed by atoms with van der Waals surface area (Å²) >= 11 is 3.18. The maximum absolute atomic E-state index is 12.1. The van der Waals surface area contributed by atoms with Crippen LogP contribution in [0.3, 0.4) is 0 Å². The Morgan fingerprint density at radius 2 is 2.31 bits per heavy atom. The number of benzene rings is 1. The Hall–Kier alpha value is -0.940. The Morgan fingerprint density at radius 1 is 1.50 bits per heavy atom. The molecule has 0 saturated carbocycles. The molecule has 1 N–H and O–H groups in total. The number of carbonyl (C=O) groups excluding carboxylic acids is 1. The van der Waals surface area contributed by atoms with Gasteiger partial charge in [0.05, 0.1) is 6.54 Å². The van der Waals surface area contributed by atoms with Gasteiger partial charge in [-0.15, -0.1) is 11.8 Å². The third-order valence-electron chi connectivity index (χ3n) is 2.84. The SMILES string of the molecule is CSC1=NC[C@]2(S1)C(=O)Nc1ccccc12. The molecule has 0 saturated heterocycles. The van der Waals surface area contributed by atoms with E-state index in [1.807, 2.05) is 30.5 Å². The minimum atomic E-state index is -0.505. The molecule has 0 aliphatic carbocycles. The molecule has 82 valence electrons. The van der Waals surface area contributed by atoms with Gasteiger partial charge in [-0.25, -0.2) is 0 Å². The minimum Gasteiger partial charge on any atom is -0.324 e. The molecule has 0 unspecified atom stereocenters. The number of thioether (sulfide) groups is 2. The van der Waals surface area contributed by atoms with Gasteiger partial charge >= 0.3 is 0 Å². The summed E-state index contributed by atoms with van der Waals surface area (Å²) in [5, 5.41) is 2.93. The van der Waals surface area contributed by atoms with Gasteiger partial charge in [0.15, 0.2) is 0 Å². The molecular formula is C11H10N2OS2. The zero-order chi connectivity index (χ0) is 11.2. The molecule has 5 heteroatoms. The second-order valence-corrected chi connectivity index (χ2v) is 6.06. The van der Waals surface area contributed by atoms with Gasteiger partial charge in [-0.3, -0.25) is 9.79 Å². The molecule has 0 fully saturated rings. The predicted molar refractivity (Wildman–Crippen MR) is 70.2 cm³/mol. The summed E-state index contributed by atoms with van der Waals surface area (Å²) in [6, 6.07) is 7.87. The fourth-order valence-electron chi connectivity index (χ4n) is 2.04. The third kappa shape index (κ3) is 1.25. The van der Waals surface area contributed by atoms with Crippen molar-refractivity contribution < 1.29 is 4.79 Å². The highest BCUT2D eigenvalue weighted by Gasteiger charge is 2.50. The van der Waals surface area contributed by atoms with E-state index in [9.17, 15) is 4.79 Å². The van der Waals surface area contributed by atoms with Gasteiger partial charge in [0.25, 0.3) is 0 Å². The lowest BCUT2D eigenvalue weighted by molar-refractivity contribution is -0.117. The Balaban J connectivity index is 2.07. The van der Waals surface area contributed by atoms with E-state index in [-0.39, 0.29) is 5.91 Å². The van der Waals surface area contributed by atoms with Gasteiger partial charge in [0.1, 0.15) is 9.12 Å². The van der Waals surface area contributed by atoms with Crippen LogP contribution >= 0.6 is 23.5 Å². The average Bonchev–Trinajstić information content (AvgIpc) is 2.85. The van der Waals surface area contributed by atoms with Crippen LogP contribution in [0.4, 0.5) is 5.69 Å². The molecule has 0 aromatic heterocycles. The van der Waals surface area contributed by atoms with E-state index in [2.05, 4.69) is 10.3 Å². The van der Waals surface area contributed by atoms with Gasteiger partial charge < -0.3 is 5.32 Å². The summed E-state index contributed by atoms with van der Waals surface area (Å²) in [6.45, 7) is 0.552. The second kappa shape index (κ2) is 3.53. The number of amides is 1. The first-order chi connectivity index (χ1) is 7.76. The van der Waals surface area contributed by atoms with Crippen LogP contribution < -0.4 is 5.32 Å². The Morgan fingerprint density at radius 3 is 3.06 bits per heavy atom. The summed E-state index contributed by atoms with van der Waals surface area (Å²) < 4.78 is 0.487. The number of aliphatic imine (C=N–C) groups is 1. The van der Waals surface area contributed by atoms with Crippen molar-refractivity contribution in [3.63, 3.8) is 0 Å². The highest BCUT2D eigenvalue weighted by Crippen LogP contribution is 2.50. The van der Waals surface area contributed by atoms with Gasteiger partial charge in [0.2, 0.25) is 5.91 Å². The van der Waals surface area contributed by atoms with E-state index in [0.29, 0.717) is 6.54 Å². The van der Waals surface area contributed by atoms with Crippen LogP contribution in [-0.2, 0) is 9.54 Å². The van der Waals surface area contributed by atoms with Gasteiger partial charge in [-0.05, 0) is 12.3 Å². The van der Waals surface area contributed by atoms with Gasteiger partial charge in [-0.1, -0.05) is 30.0 Å². The van der Waals surface area contributed by atoms with E-state index in [1.165, 1.54) is 0 Å². The number of para-hydroxylation sites is 1. The molecular weight excluding hydrogens is 240 g/mol. The number of anilines is 1. The van der Waals surface area contributed by atoms with Crippen LogP contribution in [0.15, 0.2) is 29.3 Å².